The van der Waals surface area contributed by atoms with Crippen LogP contribution in [0, 0.1) is 10.1 Å². The number of guanidine groups is 1. The molecule has 7 N–H and O–H groups in total. The van der Waals surface area contributed by atoms with E-state index in [2.05, 4.69) is 16.9 Å². The Labute approximate surface area is 202 Å². The van der Waals surface area contributed by atoms with Gasteiger partial charge in [0.1, 0.15) is 11.6 Å². The lowest BCUT2D eigenvalue weighted by atomic mass is 10.2. The summed E-state index contributed by atoms with van der Waals surface area (Å²) in [4.78, 5) is 41.9. The van der Waals surface area contributed by atoms with Gasteiger partial charge in [-0.15, -0.1) is 0 Å². The number of non-ortho nitro benzene ring substituents is 1. The van der Waals surface area contributed by atoms with Gasteiger partial charge in [-0.2, -0.15) is 0 Å². The summed E-state index contributed by atoms with van der Waals surface area (Å²) in [6.45, 7) is 4.26. The maximum atomic E-state index is 13.4. The van der Waals surface area contributed by atoms with Crippen LogP contribution in [-0.2, 0) is 13.1 Å². The molecule has 0 bridgehead atoms. The number of nitrogens with zero attached hydrogens (tertiary/aromatic N) is 4. The first-order chi connectivity index (χ1) is 16.6. The number of methoxy groups -OCH3 is 1. The van der Waals surface area contributed by atoms with Crippen molar-refractivity contribution in [3.05, 3.63) is 82.2 Å². The average molecular weight is 485 g/mol. The first-order valence-electron chi connectivity index (χ1n) is 10.3. The molecule has 2 aromatic rings. The van der Waals surface area contributed by atoms with Crippen LogP contribution >= 0.6 is 0 Å². The fourth-order valence-electron chi connectivity index (χ4n) is 2.96. The third-order valence-corrected chi connectivity index (χ3v) is 4.78. The summed E-state index contributed by atoms with van der Waals surface area (Å²) in [5, 5.41) is 13.8. The third-order valence-electron chi connectivity index (χ3n) is 4.78. The molecule has 2 rings (SSSR count). The molecule has 186 valence electrons. The summed E-state index contributed by atoms with van der Waals surface area (Å²) < 4.78 is 5.16. The van der Waals surface area contributed by atoms with Crippen LogP contribution in [0.2, 0.25) is 0 Å². The predicted octanol–water partition coefficient (Wildman–Crippen LogP) is 1.44. The number of hydrogen-bond donors (Lipinski definition) is 4. The number of imide groups is 1. The van der Waals surface area contributed by atoms with E-state index in [-0.39, 0.29) is 43.6 Å². The van der Waals surface area contributed by atoms with E-state index in [0.29, 0.717) is 11.3 Å². The molecule has 0 spiro atoms. The molecule has 0 fully saturated rings. The summed E-state index contributed by atoms with van der Waals surface area (Å²) >= 11 is 0. The van der Waals surface area contributed by atoms with Crippen LogP contribution in [0.3, 0.4) is 0 Å². The highest BCUT2D eigenvalue weighted by atomic mass is 16.6. The smallest absolute Gasteiger partial charge is 0.334 e. The topological polar surface area (TPSA) is 195 Å². The quantitative estimate of drug-likeness (QED) is 0.121. The molecule has 0 aliphatic carbocycles. The standard InChI is InChI=1S/C22H28N8O5/c1-15(26-11-12-27-20(23)24)28(13-17-5-9-19(35-2)10-6-17)22(32)29(21(25)31)14-16-3-7-18(8-4-16)30(33)34/h3-10,26H,1,11-14H2,2H3,(H2,25,31)(H4,23,24,27). The number of nitro benzene ring substituents is 1. The lowest BCUT2D eigenvalue weighted by Gasteiger charge is -2.30. The molecule has 2 aromatic carbocycles. The first-order valence-corrected chi connectivity index (χ1v) is 10.3. The van der Waals surface area contributed by atoms with Gasteiger partial charge in [-0.3, -0.25) is 20.0 Å². The molecule has 0 radical (unpaired) electrons. The monoisotopic (exact) mass is 484 g/mol. The molecular formula is C22H28N8O5. The fourth-order valence-corrected chi connectivity index (χ4v) is 2.96. The molecule has 4 amide bonds. The van der Waals surface area contributed by atoms with Gasteiger partial charge in [0.15, 0.2) is 5.96 Å². The normalized spacial score (nSPS) is 10.1. The van der Waals surface area contributed by atoms with Crippen molar-refractivity contribution in [3.63, 3.8) is 0 Å². The number of rotatable bonds is 11. The number of carbonyl (C=O) groups is 2. The number of urea groups is 2. The van der Waals surface area contributed by atoms with Crippen LogP contribution in [0.1, 0.15) is 11.1 Å². The molecule has 0 heterocycles. The number of ether oxygens (including phenoxy) is 1. The van der Waals surface area contributed by atoms with Crippen LogP contribution in [0.25, 0.3) is 0 Å². The SMILES string of the molecule is C=C(NCCN=C(N)N)N(Cc1ccc(OC)cc1)C(=O)N(Cc1ccc([N+](=O)[O-])cc1)C(N)=O. The number of nitrogens with two attached hydrogens (primary N) is 3. The summed E-state index contributed by atoms with van der Waals surface area (Å²) in [6, 6.07) is 10.7. The minimum atomic E-state index is -0.999. The molecule has 35 heavy (non-hydrogen) atoms. The van der Waals surface area contributed by atoms with E-state index in [0.717, 1.165) is 10.5 Å². The Balaban J connectivity index is 2.27. The Morgan fingerprint density at radius 1 is 1.03 bits per heavy atom. The van der Waals surface area contributed by atoms with Crippen LogP contribution in [0.4, 0.5) is 15.3 Å². The number of carbonyl (C=O) groups excluding carboxylic acids is 2. The largest absolute Gasteiger partial charge is 0.497 e. The maximum Gasteiger partial charge on any atom is 0.334 e. The molecule has 13 nitrogen and oxygen atoms in total. The summed E-state index contributed by atoms with van der Waals surface area (Å²) in [5.41, 5.74) is 17.2. The van der Waals surface area contributed by atoms with Crippen molar-refractivity contribution in [1.82, 2.24) is 15.1 Å². The van der Waals surface area contributed by atoms with Gasteiger partial charge in [-0.05, 0) is 23.3 Å². The molecule has 13 heteroatoms. The van der Waals surface area contributed by atoms with E-state index < -0.39 is 17.0 Å². The second kappa shape index (κ2) is 12.4. The highest BCUT2D eigenvalue weighted by molar-refractivity contribution is 5.93. The molecular weight excluding hydrogens is 456 g/mol. The van der Waals surface area contributed by atoms with E-state index in [1.54, 1.807) is 24.3 Å². The van der Waals surface area contributed by atoms with Crippen molar-refractivity contribution in [3.8, 4) is 5.75 Å². The number of aliphatic imine (C=N–C) groups is 1. The molecule has 0 atom stereocenters. The molecule has 0 unspecified atom stereocenters. The molecule has 0 aromatic heterocycles. The zero-order valence-electron chi connectivity index (χ0n) is 19.2. The fraction of sp³-hybridized carbons (Fsp3) is 0.227. The lowest BCUT2D eigenvalue weighted by molar-refractivity contribution is -0.384. The van der Waals surface area contributed by atoms with E-state index in [1.165, 1.54) is 36.3 Å². The summed E-state index contributed by atoms with van der Waals surface area (Å²) in [6.07, 6.45) is 0. The lowest BCUT2D eigenvalue weighted by Crippen LogP contribution is -2.49. The zero-order valence-corrected chi connectivity index (χ0v) is 19.2. The van der Waals surface area contributed by atoms with Gasteiger partial charge in [-0.25, -0.2) is 14.5 Å². The van der Waals surface area contributed by atoms with Gasteiger partial charge in [-0.1, -0.05) is 30.8 Å². The third kappa shape index (κ3) is 7.92. The van der Waals surface area contributed by atoms with Crippen molar-refractivity contribution in [2.45, 2.75) is 13.1 Å². The minimum Gasteiger partial charge on any atom is -0.497 e. The number of nitrogens with one attached hydrogen (secondary N) is 1. The van der Waals surface area contributed by atoms with Crippen molar-refractivity contribution in [2.75, 3.05) is 20.2 Å². The van der Waals surface area contributed by atoms with E-state index in [4.69, 9.17) is 21.9 Å². The van der Waals surface area contributed by atoms with Crippen LogP contribution in [-0.4, -0.2) is 52.9 Å². The predicted molar refractivity (Wildman–Crippen MR) is 130 cm³/mol. The number of hydrogen-bond acceptors (Lipinski definition) is 7. The van der Waals surface area contributed by atoms with Crippen molar-refractivity contribution < 1.29 is 19.2 Å². The Kier molecular flexibility index (Phi) is 9.39. The van der Waals surface area contributed by atoms with Gasteiger partial charge in [0.2, 0.25) is 0 Å². The van der Waals surface area contributed by atoms with Gasteiger partial charge >= 0.3 is 12.1 Å². The average Bonchev–Trinajstić information content (AvgIpc) is 2.83. The number of primary amides is 1. The Hall–Kier alpha value is -4.81. The Morgan fingerprint density at radius 3 is 2.06 bits per heavy atom. The van der Waals surface area contributed by atoms with Crippen molar-refractivity contribution in [2.24, 2.45) is 22.2 Å². The summed E-state index contributed by atoms with van der Waals surface area (Å²) in [7, 11) is 1.54. The van der Waals surface area contributed by atoms with Crippen LogP contribution in [0.5, 0.6) is 5.75 Å². The Morgan fingerprint density at radius 2 is 1.57 bits per heavy atom. The number of nitro groups is 1. The highest BCUT2D eigenvalue weighted by Gasteiger charge is 2.27. The summed E-state index contributed by atoms with van der Waals surface area (Å²) in [5.74, 6) is 0.746. The number of amides is 4. The van der Waals surface area contributed by atoms with Gasteiger partial charge in [0, 0.05) is 18.7 Å². The van der Waals surface area contributed by atoms with Crippen LogP contribution in [0.15, 0.2) is 65.9 Å². The Bertz CT molecular complexity index is 1080. The van der Waals surface area contributed by atoms with Gasteiger partial charge in [0.05, 0.1) is 31.7 Å². The van der Waals surface area contributed by atoms with E-state index in [9.17, 15) is 19.7 Å². The molecule has 0 saturated heterocycles. The number of benzene rings is 2. The molecule has 0 aliphatic rings. The second-order valence-corrected chi connectivity index (χ2v) is 7.24. The maximum absolute atomic E-state index is 13.4. The minimum absolute atomic E-state index is 0.0565. The molecule has 0 saturated carbocycles. The van der Waals surface area contributed by atoms with Crippen molar-refractivity contribution in [1.29, 1.82) is 0 Å². The van der Waals surface area contributed by atoms with E-state index in [1.807, 2.05) is 0 Å². The second-order valence-electron chi connectivity index (χ2n) is 7.24. The van der Waals surface area contributed by atoms with Gasteiger partial charge in [0.25, 0.3) is 5.69 Å². The van der Waals surface area contributed by atoms with Crippen molar-refractivity contribution >= 4 is 23.7 Å². The van der Waals surface area contributed by atoms with Crippen LogP contribution < -0.4 is 27.3 Å². The van der Waals surface area contributed by atoms with E-state index >= 15 is 0 Å². The van der Waals surface area contributed by atoms with Gasteiger partial charge < -0.3 is 27.3 Å². The molecule has 0 aliphatic heterocycles. The first kappa shape index (κ1) is 26.4. The highest BCUT2D eigenvalue weighted by Crippen LogP contribution is 2.18. The zero-order chi connectivity index (χ0) is 26.0.